The van der Waals surface area contributed by atoms with Gasteiger partial charge in [-0.1, -0.05) is 6.58 Å². The first-order valence-corrected chi connectivity index (χ1v) is 7.08. The Morgan fingerprint density at radius 3 is 2.74 bits per heavy atom. The third kappa shape index (κ3) is 5.35. The lowest BCUT2D eigenvalue weighted by Crippen LogP contribution is -2.31. The number of hydrogen-bond acceptors (Lipinski definition) is 4. The lowest BCUT2D eigenvalue weighted by atomic mass is 10.3. The van der Waals surface area contributed by atoms with Crippen LogP contribution < -0.4 is 11.2 Å². The second-order valence-electron chi connectivity index (χ2n) is 4.09. The van der Waals surface area contributed by atoms with Gasteiger partial charge in [0.25, 0.3) is 5.56 Å². The molecule has 9 heteroatoms. The van der Waals surface area contributed by atoms with Gasteiger partial charge >= 0.3 is 13.3 Å². The Hall–Kier alpha value is -1.47. The third-order valence-corrected chi connectivity index (χ3v) is 2.67. The van der Waals surface area contributed by atoms with Crippen LogP contribution in [0, 0.1) is 6.92 Å². The number of ether oxygens (including phenoxy) is 1. The highest BCUT2D eigenvalue weighted by Gasteiger charge is 2.12. The van der Waals surface area contributed by atoms with E-state index in [0.29, 0.717) is 11.1 Å². The van der Waals surface area contributed by atoms with Gasteiger partial charge in [0.15, 0.2) is 0 Å². The molecule has 1 aromatic heterocycles. The van der Waals surface area contributed by atoms with E-state index in [0.717, 1.165) is 0 Å². The van der Waals surface area contributed by atoms with Crippen molar-refractivity contribution in [1.82, 2.24) is 9.55 Å². The third-order valence-electron chi connectivity index (χ3n) is 2.15. The Balaban J connectivity index is 2.63. The first kappa shape index (κ1) is 15.6. The fraction of sp³-hybridized carbons (Fsp3) is 0.400. The molecule has 0 atom stereocenters. The maximum Gasteiger partial charge on any atom is 0.350 e. The molecular formula is C10H15N2O6P. The highest BCUT2D eigenvalue weighted by molar-refractivity contribution is 7.51. The quantitative estimate of drug-likeness (QED) is 0.482. The molecule has 0 saturated heterocycles. The molecule has 8 nitrogen and oxygen atoms in total. The van der Waals surface area contributed by atoms with Gasteiger partial charge in [-0.25, -0.2) is 4.79 Å². The molecule has 0 unspecified atom stereocenters. The standard InChI is InChI=1S/C10H15N2O6P/c1-7(5-18-6-19(15,16)17)3-12-4-8(2)9(13)11-10(12)14/h4H,1,3,5-6H2,2H3,(H,11,13,14)(H2,15,16,17). The minimum atomic E-state index is -4.21. The summed E-state index contributed by atoms with van der Waals surface area (Å²) in [5.74, 6) is 0. The Labute approximate surface area is 108 Å². The van der Waals surface area contributed by atoms with Gasteiger partial charge in [0.1, 0.15) is 6.35 Å². The van der Waals surface area contributed by atoms with E-state index >= 15 is 0 Å². The van der Waals surface area contributed by atoms with Crippen LogP contribution >= 0.6 is 7.60 Å². The van der Waals surface area contributed by atoms with Crippen LogP contribution in [0.25, 0.3) is 0 Å². The predicted molar refractivity (Wildman–Crippen MR) is 68.1 cm³/mol. The molecule has 3 N–H and O–H groups in total. The normalized spacial score (nSPS) is 11.5. The summed E-state index contributed by atoms with van der Waals surface area (Å²) in [4.78, 5) is 41.9. The van der Waals surface area contributed by atoms with Crippen molar-refractivity contribution in [2.75, 3.05) is 13.0 Å². The summed E-state index contributed by atoms with van der Waals surface area (Å²) in [6.07, 6.45) is 0.681. The van der Waals surface area contributed by atoms with Crippen LogP contribution in [-0.4, -0.2) is 32.3 Å². The lowest BCUT2D eigenvalue weighted by Gasteiger charge is -2.10. The molecule has 19 heavy (non-hydrogen) atoms. The number of aryl methyl sites for hydroxylation is 1. The highest BCUT2D eigenvalue weighted by atomic mass is 31.2. The van der Waals surface area contributed by atoms with Crippen molar-refractivity contribution < 1.29 is 19.1 Å². The molecule has 0 aliphatic heterocycles. The summed E-state index contributed by atoms with van der Waals surface area (Å²) >= 11 is 0. The Kier molecular flexibility index (Phi) is 5.02. The Morgan fingerprint density at radius 1 is 1.53 bits per heavy atom. The van der Waals surface area contributed by atoms with Crippen molar-refractivity contribution in [2.45, 2.75) is 13.5 Å². The maximum absolute atomic E-state index is 11.5. The molecule has 0 aromatic carbocycles. The second-order valence-corrected chi connectivity index (χ2v) is 5.68. The number of hydrogen-bond donors (Lipinski definition) is 3. The smallest absolute Gasteiger partial charge is 0.350 e. The molecule has 106 valence electrons. The summed E-state index contributed by atoms with van der Waals surface area (Å²) in [5, 5.41) is 0. The maximum atomic E-state index is 11.5. The molecular weight excluding hydrogens is 275 g/mol. The number of rotatable bonds is 6. The van der Waals surface area contributed by atoms with Gasteiger partial charge in [-0.3, -0.25) is 18.9 Å². The zero-order valence-corrected chi connectivity index (χ0v) is 11.2. The number of H-pyrrole nitrogens is 1. The monoisotopic (exact) mass is 290 g/mol. The second kappa shape index (κ2) is 6.12. The molecule has 0 fully saturated rings. The average molecular weight is 290 g/mol. The summed E-state index contributed by atoms with van der Waals surface area (Å²) in [6.45, 7) is 5.20. The Bertz CT molecular complexity index is 626. The van der Waals surface area contributed by atoms with Crippen LogP contribution in [0.3, 0.4) is 0 Å². The highest BCUT2D eigenvalue weighted by Crippen LogP contribution is 2.33. The van der Waals surface area contributed by atoms with E-state index in [1.54, 1.807) is 6.92 Å². The van der Waals surface area contributed by atoms with Crippen molar-refractivity contribution in [2.24, 2.45) is 0 Å². The summed E-state index contributed by atoms with van der Waals surface area (Å²) in [5.41, 5.74) is -0.207. The molecule has 0 saturated carbocycles. The van der Waals surface area contributed by atoms with Crippen LogP contribution in [0.2, 0.25) is 0 Å². The zero-order chi connectivity index (χ0) is 14.6. The number of nitrogens with zero attached hydrogens (tertiary/aromatic N) is 1. The van der Waals surface area contributed by atoms with Crippen molar-refractivity contribution in [3.63, 3.8) is 0 Å². The van der Waals surface area contributed by atoms with Crippen molar-refractivity contribution in [3.8, 4) is 0 Å². The molecule has 1 rings (SSSR count). The Morgan fingerprint density at radius 2 is 2.16 bits per heavy atom. The van der Waals surface area contributed by atoms with Gasteiger partial charge in [0.05, 0.1) is 6.61 Å². The molecule has 0 aliphatic carbocycles. The lowest BCUT2D eigenvalue weighted by molar-refractivity contribution is 0.176. The van der Waals surface area contributed by atoms with E-state index in [1.165, 1.54) is 10.8 Å². The minimum absolute atomic E-state index is 0.0876. The first-order chi connectivity index (χ1) is 8.69. The molecule has 0 amide bonds. The van der Waals surface area contributed by atoms with Gasteiger partial charge in [0.2, 0.25) is 0 Å². The van der Waals surface area contributed by atoms with Crippen molar-refractivity contribution in [1.29, 1.82) is 0 Å². The fourth-order valence-electron chi connectivity index (χ4n) is 1.33. The largest absolute Gasteiger partial charge is 0.364 e. The van der Waals surface area contributed by atoms with Gasteiger partial charge in [0, 0.05) is 18.3 Å². The average Bonchev–Trinajstić information content (AvgIpc) is 2.24. The zero-order valence-electron chi connectivity index (χ0n) is 10.3. The predicted octanol–water partition coefficient (Wildman–Crippen LogP) is -0.447. The fourth-order valence-corrected chi connectivity index (χ4v) is 1.66. The van der Waals surface area contributed by atoms with E-state index in [-0.39, 0.29) is 13.2 Å². The van der Waals surface area contributed by atoms with Crippen molar-refractivity contribution in [3.05, 3.63) is 44.8 Å². The minimum Gasteiger partial charge on any atom is -0.364 e. The van der Waals surface area contributed by atoms with E-state index in [4.69, 9.17) is 14.5 Å². The molecule has 0 aliphatic rings. The number of nitrogens with one attached hydrogen (secondary N) is 1. The number of aromatic amines is 1. The van der Waals surface area contributed by atoms with Crippen LogP contribution in [0.1, 0.15) is 5.56 Å². The SMILES string of the molecule is C=C(COCP(=O)(O)O)Cn1cc(C)c(=O)[nH]c1=O. The molecule has 0 spiro atoms. The van der Waals surface area contributed by atoms with Crippen LogP contribution in [0.5, 0.6) is 0 Å². The molecule has 0 radical (unpaired) electrons. The van der Waals surface area contributed by atoms with Crippen LogP contribution in [0.4, 0.5) is 0 Å². The summed E-state index contributed by atoms with van der Waals surface area (Å²) in [6, 6.07) is 0. The topological polar surface area (TPSA) is 122 Å². The first-order valence-electron chi connectivity index (χ1n) is 5.28. The summed E-state index contributed by atoms with van der Waals surface area (Å²) in [7, 11) is -4.21. The molecule has 0 bridgehead atoms. The van der Waals surface area contributed by atoms with Crippen molar-refractivity contribution >= 4 is 7.60 Å². The summed E-state index contributed by atoms with van der Waals surface area (Å²) < 4.78 is 16.6. The van der Waals surface area contributed by atoms with Gasteiger partial charge in [-0.05, 0) is 12.5 Å². The van der Waals surface area contributed by atoms with Gasteiger partial charge < -0.3 is 14.5 Å². The van der Waals surface area contributed by atoms with E-state index in [9.17, 15) is 14.2 Å². The van der Waals surface area contributed by atoms with Gasteiger partial charge in [-0.15, -0.1) is 0 Å². The van der Waals surface area contributed by atoms with Crippen LogP contribution in [-0.2, 0) is 15.8 Å². The van der Waals surface area contributed by atoms with E-state index < -0.39 is 25.2 Å². The molecule has 1 aromatic rings. The number of aromatic nitrogens is 2. The van der Waals surface area contributed by atoms with Gasteiger partial charge in [-0.2, -0.15) is 0 Å². The van der Waals surface area contributed by atoms with E-state index in [2.05, 4.69) is 11.6 Å². The molecule has 1 heterocycles. The van der Waals surface area contributed by atoms with E-state index in [1.807, 2.05) is 0 Å². The van der Waals surface area contributed by atoms with Crippen LogP contribution in [0.15, 0.2) is 27.9 Å².